The lowest BCUT2D eigenvalue weighted by molar-refractivity contribution is -0.386. The minimum Gasteiger partial charge on any atom is -0.497 e. The highest BCUT2D eigenvalue weighted by Crippen LogP contribution is 2.53. The van der Waals surface area contributed by atoms with Gasteiger partial charge in [-0.1, -0.05) is 5.92 Å². The topological polar surface area (TPSA) is 45.6 Å². The van der Waals surface area contributed by atoms with Crippen molar-refractivity contribution in [2.75, 3.05) is 20.2 Å². The lowest BCUT2D eigenvalue weighted by Crippen LogP contribution is -2.60. The summed E-state index contributed by atoms with van der Waals surface area (Å²) in [6.45, 7) is 0.374. The molecule has 13 heteroatoms. The molecule has 0 amide bonds. The minimum absolute atomic E-state index is 0.0525. The lowest BCUT2D eigenvalue weighted by atomic mass is 9.73. The summed E-state index contributed by atoms with van der Waals surface area (Å²) >= 11 is 0. The first kappa shape index (κ1) is 27.3. The van der Waals surface area contributed by atoms with Crippen LogP contribution < -0.4 is 4.74 Å². The van der Waals surface area contributed by atoms with Crippen LogP contribution in [0.15, 0.2) is 30.5 Å². The molecule has 3 saturated heterocycles. The van der Waals surface area contributed by atoms with Crippen LogP contribution in [-0.2, 0) is 0 Å². The molecule has 2 aromatic rings. The van der Waals surface area contributed by atoms with E-state index in [4.69, 9.17) is 4.74 Å². The van der Waals surface area contributed by atoms with Gasteiger partial charge in [-0.05, 0) is 61.1 Å². The highest BCUT2D eigenvalue weighted by Gasteiger charge is 2.81. The van der Waals surface area contributed by atoms with Gasteiger partial charge in [-0.3, -0.25) is 9.88 Å². The molecule has 5 rings (SSSR count). The fourth-order valence-corrected chi connectivity index (χ4v) is 4.94. The van der Waals surface area contributed by atoms with Crippen molar-refractivity contribution in [2.24, 2.45) is 11.8 Å². The summed E-state index contributed by atoms with van der Waals surface area (Å²) in [6, 6.07) is 6.23. The molecule has 0 aliphatic carbocycles. The highest BCUT2D eigenvalue weighted by molar-refractivity contribution is 5.84. The van der Waals surface area contributed by atoms with Gasteiger partial charge < -0.3 is 9.84 Å². The third-order valence-electron chi connectivity index (χ3n) is 7.03. The molecule has 0 radical (unpaired) electrons. The van der Waals surface area contributed by atoms with Gasteiger partial charge in [-0.15, -0.1) is 0 Å². The zero-order valence-corrected chi connectivity index (χ0v) is 19.2. The van der Waals surface area contributed by atoms with E-state index in [9.17, 15) is 44.6 Å². The second-order valence-electron chi connectivity index (χ2n) is 9.17. The van der Waals surface area contributed by atoms with Crippen LogP contribution >= 0.6 is 0 Å². The number of benzene rings is 1. The number of aliphatic hydroxyl groups is 1. The Labute approximate surface area is 205 Å². The Bertz CT molecular complexity index is 1220. The fraction of sp³-hybridized carbons (Fsp3) is 0.542. The van der Waals surface area contributed by atoms with Crippen molar-refractivity contribution in [3.8, 4) is 17.6 Å². The number of halogens is 9. The molecule has 0 spiro atoms. The minimum atomic E-state index is -6.97. The Balaban J connectivity index is 1.55. The maximum Gasteiger partial charge on any atom is 0.460 e. The van der Waals surface area contributed by atoms with E-state index in [1.807, 2.05) is 5.92 Å². The first-order valence-electron chi connectivity index (χ1n) is 11.2. The Morgan fingerprint density at radius 3 is 2.35 bits per heavy atom. The summed E-state index contributed by atoms with van der Waals surface area (Å²) in [5.74, 6) is -18.0. The van der Waals surface area contributed by atoms with Gasteiger partial charge in [0.15, 0.2) is 0 Å². The van der Waals surface area contributed by atoms with Gasteiger partial charge in [0.2, 0.25) is 0 Å². The smallest absolute Gasteiger partial charge is 0.460 e. The number of pyridine rings is 1. The van der Waals surface area contributed by atoms with Crippen LogP contribution in [0.2, 0.25) is 0 Å². The van der Waals surface area contributed by atoms with Gasteiger partial charge >= 0.3 is 23.9 Å². The van der Waals surface area contributed by atoms with E-state index in [1.54, 1.807) is 29.2 Å². The standard InChI is InChI=1S/C24H21F9N2O2/c1-37-15-2-3-18-17(11-15)16(5-8-34-18)20(36)19-10-13-6-9-35(19)12-14(13)4-7-21(25,26)22(27,28)23(29,30)24(31,32)33/h2-3,5,8,11,13-14,19-20,36H,6,9-10,12H2,1H3/t13-,14-,19-,20+/m0/s1. The molecular weight excluding hydrogens is 519 g/mol. The third kappa shape index (κ3) is 4.58. The number of methoxy groups -OCH3 is 1. The van der Waals surface area contributed by atoms with Crippen LogP contribution in [0.4, 0.5) is 39.5 Å². The zero-order valence-electron chi connectivity index (χ0n) is 19.2. The van der Waals surface area contributed by atoms with Crippen molar-refractivity contribution in [3.05, 3.63) is 36.0 Å². The largest absolute Gasteiger partial charge is 0.497 e. The zero-order chi connectivity index (χ0) is 27.4. The molecule has 1 aromatic heterocycles. The van der Waals surface area contributed by atoms with Crippen LogP contribution in [-0.4, -0.2) is 65.2 Å². The molecule has 1 unspecified atom stereocenters. The van der Waals surface area contributed by atoms with Crippen LogP contribution in [0.5, 0.6) is 5.75 Å². The van der Waals surface area contributed by atoms with Crippen molar-refractivity contribution < 1.29 is 49.4 Å². The summed E-state index contributed by atoms with van der Waals surface area (Å²) in [4.78, 5) is 5.97. The summed E-state index contributed by atoms with van der Waals surface area (Å²) in [7, 11) is 1.48. The highest BCUT2D eigenvalue weighted by atomic mass is 19.4. The maximum absolute atomic E-state index is 13.9. The van der Waals surface area contributed by atoms with Gasteiger partial charge in [0.05, 0.1) is 18.7 Å². The number of ether oxygens (including phenoxy) is 1. The molecule has 1 N–H and O–H groups in total. The summed E-state index contributed by atoms with van der Waals surface area (Å²) in [5.41, 5.74) is 1.13. The van der Waals surface area contributed by atoms with E-state index in [0.29, 0.717) is 35.2 Å². The Morgan fingerprint density at radius 2 is 1.76 bits per heavy atom. The average Bonchev–Trinajstić information content (AvgIpc) is 2.85. The number of aliphatic hydroxyl groups excluding tert-OH is 1. The molecule has 0 saturated carbocycles. The average molecular weight is 540 g/mol. The van der Waals surface area contributed by atoms with Gasteiger partial charge in [-0.2, -0.15) is 39.5 Å². The molecule has 3 aliphatic rings. The van der Waals surface area contributed by atoms with Crippen LogP contribution in [0.25, 0.3) is 10.9 Å². The molecule has 5 atom stereocenters. The summed E-state index contributed by atoms with van der Waals surface area (Å²) < 4.78 is 123. The predicted molar refractivity (Wildman–Crippen MR) is 114 cm³/mol. The van der Waals surface area contributed by atoms with Gasteiger partial charge in [-0.25, -0.2) is 0 Å². The first-order chi connectivity index (χ1) is 17.1. The SMILES string of the molecule is COc1ccc2nccc([C@@H](O)[C@@H]3C[C@@H]4CCN3C[C@@H]4C#CC(F)(F)C(F)(F)C(F)(F)C(F)(F)F)c2c1. The summed E-state index contributed by atoms with van der Waals surface area (Å²) in [5, 5.41) is 11.8. The molecule has 37 heavy (non-hydrogen) atoms. The molecule has 3 aliphatic heterocycles. The number of aromatic nitrogens is 1. The van der Waals surface area contributed by atoms with Crippen molar-refractivity contribution >= 4 is 10.9 Å². The second-order valence-corrected chi connectivity index (χ2v) is 9.17. The van der Waals surface area contributed by atoms with Crippen LogP contribution in [0, 0.1) is 23.7 Å². The number of hydrogen-bond donors (Lipinski definition) is 1. The number of piperidine rings is 3. The summed E-state index contributed by atoms with van der Waals surface area (Å²) in [6.07, 6.45) is -5.81. The molecule has 202 valence electrons. The van der Waals surface area contributed by atoms with Gasteiger partial charge in [0.25, 0.3) is 0 Å². The third-order valence-corrected chi connectivity index (χ3v) is 7.03. The number of alkyl halides is 9. The van der Waals surface area contributed by atoms with E-state index < -0.39 is 47.9 Å². The van der Waals surface area contributed by atoms with Crippen LogP contribution in [0.1, 0.15) is 24.5 Å². The number of rotatable bonds is 5. The van der Waals surface area contributed by atoms with Gasteiger partial charge in [0.1, 0.15) is 5.75 Å². The van der Waals surface area contributed by atoms with E-state index >= 15 is 0 Å². The number of hydrogen-bond acceptors (Lipinski definition) is 4. The predicted octanol–water partition coefficient (Wildman–Crippen LogP) is 5.46. The van der Waals surface area contributed by atoms with Crippen molar-refractivity contribution in [3.63, 3.8) is 0 Å². The van der Waals surface area contributed by atoms with E-state index in [0.717, 1.165) is 5.92 Å². The van der Waals surface area contributed by atoms with Crippen LogP contribution in [0.3, 0.4) is 0 Å². The lowest BCUT2D eigenvalue weighted by Gasteiger charge is -2.50. The Kier molecular flexibility index (Phi) is 6.82. The van der Waals surface area contributed by atoms with E-state index in [2.05, 4.69) is 4.98 Å². The van der Waals surface area contributed by atoms with E-state index in [-0.39, 0.29) is 13.0 Å². The Hall–Kier alpha value is -2.72. The molecule has 4 heterocycles. The molecule has 3 fully saturated rings. The Morgan fingerprint density at radius 1 is 1.05 bits per heavy atom. The fourth-order valence-electron chi connectivity index (χ4n) is 4.94. The second kappa shape index (κ2) is 9.23. The molecule has 1 aromatic carbocycles. The molecular formula is C24H21F9N2O2. The number of fused-ring (bicyclic) bond motifs is 4. The maximum atomic E-state index is 13.9. The van der Waals surface area contributed by atoms with Crippen molar-refractivity contribution in [1.82, 2.24) is 9.88 Å². The first-order valence-corrected chi connectivity index (χ1v) is 11.2. The van der Waals surface area contributed by atoms with Gasteiger partial charge in [0, 0.05) is 30.1 Å². The number of nitrogens with zero attached hydrogens (tertiary/aromatic N) is 2. The quantitative estimate of drug-likeness (QED) is 0.405. The molecule has 2 bridgehead atoms. The molecule has 4 nitrogen and oxygen atoms in total. The van der Waals surface area contributed by atoms with Crippen molar-refractivity contribution in [2.45, 2.75) is 48.9 Å². The van der Waals surface area contributed by atoms with Crippen molar-refractivity contribution in [1.29, 1.82) is 0 Å². The normalized spacial score (nSPS) is 25.5. The monoisotopic (exact) mass is 540 g/mol. The van der Waals surface area contributed by atoms with E-state index in [1.165, 1.54) is 13.3 Å².